The molecule has 3 aromatic rings. The maximum Gasteiger partial charge on any atom is 0.194 e. The monoisotopic (exact) mass is 505 g/mol. The van der Waals surface area contributed by atoms with Crippen molar-refractivity contribution in [1.29, 1.82) is 0 Å². The lowest BCUT2D eigenvalue weighted by atomic mass is 10.1. The maximum atomic E-state index is 9.50. The average molecular weight is 505 g/mol. The number of aliphatic hydroxyl groups excluding tert-OH is 1. The number of nitrogens with zero attached hydrogens (tertiary/aromatic N) is 4. The molecule has 1 aromatic heterocycles. The van der Waals surface area contributed by atoms with Crippen molar-refractivity contribution in [3.8, 4) is 5.69 Å². The highest BCUT2D eigenvalue weighted by molar-refractivity contribution is 14.0. The third-order valence-corrected chi connectivity index (χ3v) is 4.46. The van der Waals surface area contributed by atoms with E-state index in [9.17, 15) is 5.11 Å². The van der Waals surface area contributed by atoms with E-state index in [0.29, 0.717) is 13.1 Å². The fourth-order valence-corrected chi connectivity index (χ4v) is 3.01. The lowest BCUT2D eigenvalue weighted by molar-refractivity contribution is 0.280. The first-order valence-electron chi connectivity index (χ1n) is 9.47. The number of aliphatic imine (C=N–C) groups is 1. The summed E-state index contributed by atoms with van der Waals surface area (Å²) < 4.78 is 1.88. The van der Waals surface area contributed by atoms with E-state index in [1.807, 2.05) is 78.7 Å². The van der Waals surface area contributed by atoms with Gasteiger partial charge in [0, 0.05) is 31.9 Å². The normalized spacial score (nSPS) is 11.1. The van der Waals surface area contributed by atoms with E-state index in [1.54, 1.807) is 0 Å². The van der Waals surface area contributed by atoms with Crippen molar-refractivity contribution in [2.45, 2.75) is 26.6 Å². The van der Waals surface area contributed by atoms with Gasteiger partial charge in [0.15, 0.2) is 5.96 Å². The molecule has 0 aliphatic carbocycles. The van der Waals surface area contributed by atoms with E-state index in [0.717, 1.165) is 34.9 Å². The van der Waals surface area contributed by atoms with Crippen LogP contribution in [0.2, 0.25) is 0 Å². The van der Waals surface area contributed by atoms with Crippen LogP contribution in [-0.4, -0.2) is 39.3 Å². The van der Waals surface area contributed by atoms with Crippen molar-refractivity contribution < 1.29 is 5.11 Å². The van der Waals surface area contributed by atoms with Crippen LogP contribution >= 0.6 is 24.0 Å². The molecule has 0 saturated heterocycles. The molecule has 0 spiro atoms. The van der Waals surface area contributed by atoms with Crippen LogP contribution in [0.3, 0.4) is 0 Å². The van der Waals surface area contributed by atoms with Gasteiger partial charge in [0.25, 0.3) is 0 Å². The molecule has 0 radical (unpaired) electrons. The minimum Gasteiger partial charge on any atom is -0.392 e. The van der Waals surface area contributed by atoms with Gasteiger partial charge in [0.2, 0.25) is 0 Å². The summed E-state index contributed by atoms with van der Waals surface area (Å²) in [4.78, 5) is 6.83. The molecule has 0 fully saturated rings. The van der Waals surface area contributed by atoms with Crippen molar-refractivity contribution in [2.24, 2.45) is 4.99 Å². The summed E-state index contributed by atoms with van der Waals surface area (Å²) in [5.41, 5.74) is 4.09. The molecular weight excluding hydrogens is 477 g/mol. The van der Waals surface area contributed by atoms with Gasteiger partial charge in [0.1, 0.15) is 0 Å². The number of hydrogen-bond acceptors (Lipinski definition) is 3. The van der Waals surface area contributed by atoms with E-state index in [2.05, 4.69) is 22.2 Å². The molecule has 29 heavy (non-hydrogen) atoms. The van der Waals surface area contributed by atoms with E-state index in [1.165, 1.54) is 0 Å². The van der Waals surface area contributed by atoms with Crippen molar-refractivity contribution in [2.75, 3.05) is 13.6 Å². The number of benzene rings is 2. The smallest absolute Gasteiger partial charge is 0.194 e. The lowest BCUT2D eigenvalue weighted by Gasteiger charge is -2.21. The Hall–Kier alpha value is -2.39. The Morgan fingerprint density at radius 2 is 1.79 bits per heavy atom. The van der Waals surface area contributed by atoms with Crippen LogP contribution in [0.1, 0.15) is 23.6 Å². The number of hydrogen-bond donors (Lipinski definition) is 2. The van der Waals surface area contributed by atoms with E-state index in [-0.39, 0.29) is 30.6 Å². The van der Waals surface area contributed by atoms with Gasteiger partial charge in [-0.2, -0.15) is 5.10 Å². The fraction of sp³-hybridized carbons (Fsp3) is 0.273. The summed E-state index contributed by atoms with van der Waals surface area (Å²) in [6.07, 6.45) is 3.92. The Bertz CT molecular complexity index is 910. The van der Waals surface area contributed by atoms with Crippen molar-refractivity contribution in [3.63, 3.8) is 0 Å². The van der Waals surface area contributed by atoms with Gasteiger partial charge >= 0.3 is 0 Å². The van der Waals surface area contributed by atoms with E-state index >= 15 is 0 Å². The molecule has 2 aromatic carbocycles. The summed E-state index contributed by atoms with van der Waals surface area (Å²) in [6.45, 7) is 4.08. The minimum atomic E-state index is 0. The van der Waals surface area contributed by atoms with Crippen LogP contribution in [0.5, 0.6) is 0 Å². The van der Waals surface area contributed by atoms with Crippen LogP contribution < -0.4 is 5.32 Å². The third kappa shape index (κ3) is 6.30. The summed E-state index contributed by atoms with van der Waals surface area (Å²) in [6, 6.07) is 17.9. The topological polar surface area (TPSA) is 65.7 Å². The van der Waals surface area contributed by atoms with Crippen LogP contribution in [0.15, 0.2) is 72.0 Å². The Morgan fingerprint density at radius 1 is 1.10 bits per heavy atom. The Labute approximate surface area is 189 Å². The number of guanidine groups is 1. The second-order valence-electron chi connectivity index (χ2n) is 6.58. The predicted molar refractivity (Wildman–Crippen MR) is 128 cm³/mol. The Balaban J connectivity index is 0.00000300. The molecule has 0 aliphatic heterocycles. The van der Waals surface area contributed by atoms with Crippen LogP contribution in [0.4, 0.5) is 0 Å². The van der Waals surface area contributed by atoms with Gasteiger partial charge < -0.3 is 15.3 Å². The van der Waals surface area contributed by atoms with Crippen LogP contribution in [0, 0.1) is 0 Å². The van der Waals surface area contributed by atoms with Crippen molar-refractivity contribution >= 4 is 29.9 Å². The molecule has 154 valence electrons. The molecule has 0 amide bonds. The minimum absolute atomic E-state index is 0. The molecule has 1 heterocycles. The molecule has 0 atom stereocenters. The molecule has 7 heteroatoms. The fourth-order valence-electron chi connectivity index (χ4n) is 3.01. The number of aliphatic hydroxyl groups is 1. The summed E-state index contributed by atoms with van der Waals surface area (Å²) >= 11 is 0. The number of nitrogens with one attached hydrogen (secondary N) is 1. The van der Waals surface area contributed by atoms with Gasteiger partial charge in [-0.3, -0.25) is 0 Å². The molecule has 3 rings (SSSR count). The van der Waals surface area contributed by atoms with Gasteiger partial charge in [-0.05, 0) is 30.2 Å². The first kappa shape index (κ1) is 22.9. The maximum absolute atomic E-state index is 9.50. The summed E-state index contributed by atoms with van der Waals surface area (Å²) in [5, 5.41) is 17.3. The zero-order valence-electron chi connectivity index (χ0n) is 16.8. The van der Waals surface area contributed by atoms with Crippen LogP contribution in [0.25, 0.3) is 5.69 Å². The van der Waals surface area contributed by atoms with Gasteiger partial charge in [-0.1, -0.05) is 42.5 Å². The Morgan fingerprint density at radius 3 is 2.48 bits per heavy atom. The Kier molecular flexibility index (Phi) is 9.14. The molecule has 2 N–H and O–H groups in total. The molecule has 0 aliphatic rings. The number of aromatic nitrogens is 2. The highest BCUT2D eigenvalue weighted by atomic mass is 127. The third-order valence-electron chi connectivity index (χ3n) is 4.46. The number of halogens is 1. The van der Waals surface area contributed by atoms with Crippen molar-refractivity contribution in [1.82, 2.24) is 20.0 Å². The van der Waals surface area contributed by atoms with Crippen molar-refractivity contribution in [3.05, 3.63) is 83.7 Å². The first-order chi connectivity index (χ1) is 13.7. The highest BCUT2D eigenvalue weighted by Gasteiger charge is 2.09. The molecule has 0 unspecified atom stereocenters. The lowest BCUT2D eigenvalue weighted by Crippen LogP contribution is -2.38. The van der Waals surface area contributed by atoms with Crippen LogP contribution in [-0.2, 0) is 19.7 Å². The second-order valence-corrected chi connectivity index (χ2v) is 6.58. The standard InChI is InChI=1S/C22H27N5O.HI/c1-3-23-22(24-14-19-9-7-8-10-20(19)17-28)26(2)15-18-13-25-27(16-18)21-11-5-4-6-12-21;/h4-13,16,28H,3,14-15,17H2,1-2H3,(H,23,24);1H. The first-order valence-corrected chi connectivity index (χ1v) is 9.47. The zero-order valence-corrected chi connectivity index (χ0v) is 19.2. The van der Waals surface area contributed by atoms with Gasteiger partial charge in [-0.25, -0.2) is 9.67 Å². The quantitative estimate of drug-likeness (QED) is 0.293. The second kappa shape index (κ2) is 11.6. The molecule has 6 nitrogen and oxygen atoms in total. The van der Waals surface area contributed by atoms with E-state index in [4.69, 9.17) is 4.99 Å². The predicted octanol–water partition coefficient (Wildman–Crippen LogP) is 3.58. The average Bonchev–Trinajstić information content (AvgIpc) is 3.20. The highest BCUT2D eigenvalue weighted by Crippen LogP contribution is 2.12. The molecule has 0 bridgehead atoms. The number of para-hydroxylation sites is 1. The summed E-state index contributed by atoms with van der Waals surface area (Å²) in [5.74, 6) is 0.822. The largest absolute Gasteiger partial charge is 0.392 e. The molecular formula is C22H28IN5O. The zero-order chi connectivity index (χ0) is 19.8. The van der Waals surface area contributed by atoms with E-state index < -0.39 is 0 Å². The summed E-state index contributed by atoms with van der Waals surface area (Å²) in [7, 11) is 2.01. The number of rotatable bonds is 7. The molecule has 0 saturated carbocycles. The van der Waals surface area contributed by atoms with Gasteiger partial charge in [0.05, 0.1) is 25.0 Å². The SMILES string of the molecule is CCNC(=NCc1ccccc1CO)N(C)Cc1cnn(-c2ccccc2)c1.I. The van der Waals surface area contributed by atoms with Gasteiger partial charge in [-0.15, -0.1) is 24.0 Å².